The van der Waals surface area contributed by atoms with E-state index in [9.17, 15) is 4.79 Å². The van der Waals surface area contributed by atoms with Crippen molar-refractivity contribution in [3.8, 4) is 0 Å². The van der Waals surface area contributed by atoms with Crippen LogP contribution in [0.2, 0.25) is 0 Å². The molecule has 3 nitrogen and oxygen atoms in total. The van der Waals surface area contributed by atoms with Crippen LogP contribution < -0.4 is 11.1 Å². The van der Waals surface area contributed by atoms with Crippen LogP contribution in [0.4, 0.5) is 0 Å². The summed E-state index contributed by atoms with van der Waals surface area (Å²) in [6.45, 7) is 4.73. The highest BCUT2D eigenvalue weighted by molar-refractivity contribution is 5.76. The Morgan fingerprint density at radius 1 is 1.73 bits per heavy atom. The summed E-state index contributed by atoms with van der Waals surface area (Å²) in [6, 6.07) is 0. The molecule has 1 atom stereocenters. The fraction of sp³-hybridized carbons (Fsp3) is 0.875. The first-order valence-corrected chi connectivity index (χ1v) is 4.08. The van der Waals surface area contributed by atoms with Crippen molar-refractivity contribution in [3.05, 3.63) is 0 Å². The zero-order chi connectivity index (χ0) is 8.48. The molecule has 0 aliphatic heterocycles. The predicted molar refractivity (Wildman–Crippen MR) is 44.0 cm³/mol. The van der Waals surface area contributed by atoms with E-state index in [0.717, 1.165) is 0 Å². The summed E-state index contributed by atoms with van der Waals surface area (Å²) in [7, 11) is 0. The SMILES string of the molecule is CC(CNC1(C)CC1)C(N)=O. The van der Waals surface area contributed by atoms with E-state index in [0.29, 0.717) is 12.1 Å². The number of primary amides is 1. The first-order chi connectivity index (χ1) is 5.03. The molecule has 0 aromatic rings. The second-order valence-electron chi connectivity index (χ2n) is 3.74. The lowest BCUT2D eigenvalue weighted by atomic mass is 10.1. The van der Waals surface area contributed by atoms with E-state index in [1.54, 1.807) is 0 Å². The molecular formula is C8H16N2O. The van der Waals surface area contributed by atoms with Gasteiger partial charge in [-0.05, 0) is 19.8 Å². The van der Waals surface area contributed by atoms with Gasteiger partial charge < -0.3 is 11.1 Å². The Hall–Kier alpha value is -0.570. The number of nitrogens with one attached hydrogen (secondary N) is 1. The van der Waals surface area contributed by atoms with Gasteiger partial charge in [0, 0.05) is 18.0 Å². The van der Waals surface area contributed by atoms with Crippen molar-refractivity contribution in [2.24, 2.45) is 11.7 Å². The van der Waals surface area contributed by atoms with Crippen LogP contribution in [-0.4, -0.2) is 18.0 Å². The molecule has 3 heteroatoms. The predicted octanol–water partition coefficient (Wildman–Crippen LogP) is 0.250. The summed E-state index contributed by atoms with van der Waals surface area (Å²) in [4.78, 5) is 10.6. The van der Waals surface area contributed by atoms with Crippen LogP contribution in [0.3, 0.4) is 0 Å². The maximum absolute atomic E-state index is 10.6. The number of amides is 1. The largest absolute Gasteiger partial charge is 0.369 e. The van der Waals surface area contributed by atoms with Gasteiger partial charge in [-0.2, -0.15) is 0 Å². The number of rotatable bonds is 4. The second-order valence-corrected chi connectivity index (χ2v) is 3.74. The fourth-order valence-corrected chi connectivity index (χ4v) is 0.864. The number of hydrogen-bond donors (Lipinski definition) is 2. The summed E-state index contributed by atoms with van der Waals surface area (Å²) >= 11 is 0. The number of nitrogens with two attached hydrogens (primary N) is 1. The van der Waals surface area contributed by atoms with Crippen LogP contribution >= 0.6 is 0 Å². The molecule has 1 rings (SSSR count). The maximum atomic E-state index is 10.6. The van der Waals surface area contributed by atoms with Crippen LogP contribution in [0.1, 0.15) is 26.7 Å². The molecule has 1 amide bonds. The number of hydrogen-bond acceptors (Lipinski definition) is 2. The van der Waals surface area contributed by atoms with Crippen molar-refractivity contribution >= 4 is 5.91 Å². The van der Waals surface area contributed by atoms with E-state index in [1.807, 2.05) is 6.92 Å². The Morgan fingerprint density at radius 2 is 2.27 bits per heavy atom. The topological polar surface area (TPSA) is 55.1 Å². The van der Waals surface area contributed by atoms with Gasteiger partial charge in [-0.25, -0.2) is 0 Å². The molecule has 0 aromatic heterocycles. The zero-order valence-electron chi connectivity index (χ0n) is 7.18. The normalized spacial score (nSPS) is 22.7. The van der Waals surface area contributed by atoms with Crippen molar-refractivity contribution in [2.45, 2.75) is 32.2 Å². The van der Waals surface area contributed by atoms with Crippen LogP contribution in [0, 0.1) is 5.92 Å². The van der Waals surface area contributed by atoms with E-state index >= 15 is 0 Å². The third kappa shape index (κ3) is 2.50. The lowest BCUT2D eigenvalue weighted by Crippen LogP contribution is -2.36. The Bertz CT molecular complexity index is 163. The Balaban J connectivity index is 2.16. The molecule has 0 radical (unpaired) electrons. The Kier molecular flexibility index (Phi) is 2.18. The molecule has 1 unspecified atom stereocenters. The molecule has 0 heterocycles. The standard InChI is InChI=1S/C8H16N2O/c1-6(7(9)11)5-10-8(2)3-4-8/h6,10H,3-5H2,1-2H3,(H2,9,11). The van der Waals surface area contributed by atoms with Gasteiger partial charge in [-0.3, -0.25) is 4.79 Å². The van der Waals surface area contributed by atoms with Crippen molar-refractivity contribution in [3.63, 3.8) is 0 Å². The monoisotopic (exact) mass is 156 g/mol. The molecule has 1 aliphatic rings. The van der Waals surface area contributed by atoms with E-state index in [-0.39, 0.29) is 11.8 Å². The van der Waals surface area contributed by atoms with Gasteiger partial charge >= 0.3 is 0 Å². The summed E-state index contributed by atoms with van der Waals surface area (Å²) in [6.07, 6.45) is 2.44. The highest BCUT2D eigenvalue weighted by Crippen LogP contribution is 2.34. The van der Waals surface area contributed by atoms with Crippen molar-refractivity contribution in [1.29, 1.82) is 0 Å². The molecule has 1 aliphatic carbocycles. The molecule has 3 N–H and O–H groups in total. The Morgan fingerprint density at radius 3 is 2.64 bits per heavy atom. The van der Waals surface area contributed by atoms with Crippen molar-refractivity contribution in [2.75, 3.05) is 6.54 Å². The number of carbonyl (C=O) groups is 1. The fourth-order valence-electron chi connectivity index (χ4n) is 0.864. The third-order valence-corrected chi connectivity index (χ3v) is 2.32. The molecule has 0 aromatic carbocycles. The molecule has 11 heavy (non-hydrogen) atoms. The number of carbonyl (C=O) groups excluding carboxylic acids is 1. The van der Waals surface area contributed by atoms with E-state index < -0.39 is 0 Å². The average molecular weight is 156 g/mol. The van der Waals surface area contributed by atoms with Gasteiger partial charge in [0.25, 0.3) is 0 Å². The average Bonchev–Trinajstić information content (AvgIpc) is 2.64. The van der Waals surface area contributed by atoms with Crippen LogP contribution in [0.25, 0.3) is 0 Å². The van der Waals surface area contributed by atoms with Crippen molar-refractivity contribution in [1.82, 2.24) is 5.32 Å². The summed E-state index contributed by atoms with van der Waals surface area (Å²) in [5, 5.41) is 3.31. The van der Waals surface area contributed by atoms with Gasteiger partial charge in [0.15, 0.2) is 0 Å². The molecule has 0 saturated heterocycles. The van der Waals surface area contributed by atoms with Crippen LogP contribution in [0.15, 0.2) is 0 Å². The first-order valence-electron chi connectivity index (χ1n) is 4.08. The minimum absolute atomic E-state index is 0.0487. The second kappa shape index (κ2) is 2.81. The Labute approximate surface area is 67.3 Å². The lowest BCUT2D eigenvalue weighted by Gasteiger charge is -2.13. The van der Waals surface area contributed by atoms with Gasteiger partial charge in [0.2, 0.25) is 5.91 Å². The van der Waals surface area contributed by atoms with Gasteiger partial charge in [-0.1, -0.05) is 6.92 Å². The minimum Gasteiger partial charge on any atom is -0.369 e. The molecule has 1 fully saturated rings. The highest BCUT2D eigenvalue weighted by atomic mass is 16.1. The van der Waals surface area contributed by atoms with E-state index in [1.165, 1.54) is 12.8 Å². The third-order valence-electron chi connectivity index (χ3n) is 2.32. The van der Waals surface area contributed by atoms with Gasteiger partial charge in [0.05, 0.1) is 0 Å². The van der Waals surface area contributed by atoms with Crippen LogP contribution in [-0.2, 0) is 4.79 Å². The smallest absolute Gasteiger partial charge is 0.221 e. The zero-order valence-corrected chi connectivity index (χ0v) is 7.18. The minimum atomic E-state index is -0.221. The molecular weight excluding hydrogens is 140 g/mol. The van der Waals surface area contributed by atoms with Crippen LogP contribution in [0.5, 0.6) is 0 Å². The van der Waals surface area contributed by atoms with Gasteiger partial charge in [0.1, 0.15) is 0 Å². The summed E-state index contributed by atoms with van der Waals surface area (Å²) < 4.78 is 0. The summed E-state index contributed by atoms with van der Waals surface area (Å²) in [5.74, 6) is -0.269. The molecule has 1 saturated carbocycles. The van der Waals surface area contributed by atoms with Gasteiger partial charge in [-0.15, -0.1) is 0 Å². The van der Waals surface area contributed by atoms with E-state index in [2.05, 4.69) is 12.2 Å². The highest BCUT2D eigenvalue weighted by Gasteiger charge is 2.36. The molecule has 0 spiro atoms. The lowest BCUT2D eigenvalue weighted by molar-refractivity contribution is -0.121. The molecule has 64 valence electrons. The summed E-state index contributed by atoms with van der Waals surface area (Å²) in [5.41, 5.74) is 5.42. The maximum Gasteiger partial charge on any atom is 0.221 e. The molecule has 0 bridgehead atoms. The first kappa shape index (κ1) is 8.53. The van der Waals surface area contributed by atoms with Crippen molar-refractivity contribution < 1.29 is 4.79 Å². The van der Waals surface area contributed by atoms with E-state index in [4.69, 9.17) is 5.73 Å². The quantitative estimate of drug-likeness (QED) is 0.613.